The molecule has 0 aromatic heterocycles. The summed E-state index contributed by atoms with van der Waals surface area (Å²) in [4.78, 5) is 0. The van der Waals surface area contributed by atoms with E-state index in [4.69, 9.17) is 0 Å². The van der Waals surface area contributed by atoms with Crippen molar-refractivity contribution in [3.8, 4) is 0 Å². The van der Waals surface area contributed by atoms with Gasteiger partial charge < -0.3 is 9.85 Å². The first-order valence-corrected chi connectivity index (χ1v) is 4.81. The summed E-state index contributed by atoms with van der Waals surface area (Å²) in [6.07, 6.45) is 3.80. The Bertz CT molecular complexity index is 312. The highest BCUT2D eigenvalue weighted by Crippen LogP contribution is 2.19. The number of likely N-dealkylation sites (N-methyl/N-ethyl adjacent to an activating group) is 1. The summed E-state index contributed by atoms with van der Waals surface area (Å²) in [6.45, 7) is 4.43. The highest BCUT2D eigenvalue weighted by Gasteiger charge is 2.11. The molecule has 14 heavy (non-hydrogen) atoms. The first-order valence-electron chi connectivity index (χ1n) is 4.81. The highest BCUT2D eigenvalue weighted by atomic mass is 16.5. The van der Waals surface area contributed by atoms with Crippen LogP contribution in [0, 0.1) is 12.1 Å². The van der Waals surface area contributed by atoms with Gasteiger partial charge in [0, 0.05) is 0 Å². The fourth-order valence-electron chi connectivity index (χ4n) is 1.27. The van der Waals surface area contributed by atoms with E-state index in [1.54, 1.807) is 7.05 Å². The first-order chi connectivity index (χ1) is 6.56. The number of rotatable bonds is 3. The molecule has 0 radical (unpaired) electrons. The molecule has 0 spiro atoms. The molecular weight excluding hydrogens is 174 g/mol. The number of hydrogen-bond acceptors (Lipinski definition) is 1. The normalized spacial score (nSPS) is 15.7. The summed E-state index contributed by atoms with van der Waals surface area (Å²) in [5.41, 5.74) is 1.98. The molecule has 0 fully saturated rings. The van der Waals surface area contributed by atoms with Gasteiger partial charge in [0.15, 0.2) is 0 Å². The minimum atomic E-state index is -0.343. The molecule has 1 unspecified atom stereocenters. The number of hydrogen-bond donors (Lipinski definition) is 0. The number of hydroxylamine groups is 2. The quantitative estimate of drug-likeness (QED) is 0.409. The molecule has 0 saturated heterocycles. The van der Waals surface area contributed by atoms with Crippen LogP contribution in [0.15, 0.2) is 36.4 Å². The molecule has 1 aromatic carbocycles. The third-order valence-electron chi connectivity index (χ3n) is 2.27. The zero-order chi connectivity index (χ0) is 10.6. The topological polar surface area (TPSA) is 23.1 Å². The fraction of sp³-hybridized carbons (Fsp3) is 0.333. The zero-order valence-corrected chi connectivity index (χ0v) is 9.03. The van der Waals surface area contributed by atoms with Crippen molar-refractivity contribution in [2.75, 3.05) is 13.6 Å². The average Bonchev–Trinajstić information content (AvgIpc) is 2.16. The molecule has 0 heterocycles. The Balaban J connectivity index is 2.86. The molecule has 2 heteroatoms. The largest absolute Gasteiger partial charge is 0.627 e. The second-order valence-corrected chi connectivity index (χ2v) is 3.69. The van der Waals surface area contributed by atoms with Gasteiger partial charge in [-0.25, -0.2) is 0 Å². The van der Waals surface area contributed by atoms with Crippen LogP contribution in [0.25, 0.3) is 0 Å². The monoisotopic (exact) mass is 191 g/mol. The summed E-state index contributed by atoms with van der Waals surface area (Å²) in [5, 5.41) is 12.1. The molecule has 0 saturated carbocycles. The van der Waals surface area contributed by atoms with Gasteiger partial charge in [0.1, 0.15) is 12.2 Å². The highest BCUT2D eigenvalue weighted by molar-refractivity contribution is 5.44. The van der Waals surface area contributed by atoms with Gasteiger partial charge in [-0.05, 0) is 32.1 Å². The number of allylic oxidation sites excluding steroid dienone is 1. The van der Waals surface area contributed by atoms with Crippen LogP contribution in [0.3, 0.4) is 0 Å². The summed E-state index contributed by atoms with van der Waals surface area (Å²) in [7, 11) is 1.67. The molecule has 76 valence electrons. The smallest absolute Gasteiger partial charge is 0.132 e. The Labute approximate surface area is 85.6 Å². The molecule has 0 aliphatic carbocycles. The Kier molecular flexibility index (Phi) is 3.44. The molecule has 0 N–H and O–H groups in total. The van der Waals surface area contributed by atoms with Crippen LogP contribution in [0.4, 0.5) is 5.69 Å². The van der Waals surface area contributed by atoms with Gasteiger partial charge in [-0.15, -0.1) is 0 Å². The maximum atomic E-state index is 12.1. The van der Waals surface area contributed by atoms with E-state index >= 15 is 0 Å². The summed E-state index contributed by atoms with van der Waals surface area (Å²) < 4.78 is -0.343. The average molecular weight is 191 g/mol. The maximum absolute atomic E-state index is 12.1. The van der Waals surface area contributed by atoms with Crippen molar-refractivity contribution in [1.82, 2.24) is 4.65 Å². The lowest BCUT2D eigenvalue weighted by Gasteiger charge is -2.37. The van der Waals surface area contributed by atoms with Gasteiger partial charge in [0.2, 0.25) is 0 Å². The van der Waals surface area contributed by atoms with Crippen molar-refractivity contribution in [2.45, 2.75) is 13.8 Å². The van der Waals surface area contributed by atoms with Gasteiger partial charge in [-0.3, -0.25) is 0 Å². The van der Waals surface area contributed by atoms with Crippen LogP contribution >= 0.6 is 0 Å². The van der Waals surface area contributed by atoms with Crippen molar-refractivity contribution in [1.29, 1.82) is 0 Å². The van der Waals surface area contributed by atoms with E-state index < -0.39 is 0 Å². The Morgan fingerprint density at radius 3 is 2.36 bits per heavy atom. The van der Waals surface area contributed by atoms with E-state index in [-0.39, 0.29) is 4.65 Å². The van der Waals surface area contributed by atoms with Crippen LogP contribution in [-0.2, 0) is 0 Å². The third-order valence-corrected chi connectivity index (χ3v) is 2.27. The predicted molar refractivity (Wildman–Crippen MR) is 61.9 cm³/mol. The van der Waals surface area contributed by atoms with Crippen molar-refractivity contribution in [3.05, 3.63) is 47.2 Å². The van der Waals surface area contributed by atoms with Crippen molar-refractivity contribution in [3.63, 3.8) is 0 Å². The molecular formula is C12H17NO. The minimum Gasteiger partial charge on any atom is -0.627 e. The lowest BCUT2D eigenvalue weighted by Crippen LogP contribution is -2.38. The molecule has 0 bridgehead atoms. The second-order valence-electron chi connectivity index (χ2n) is 3.69. The third kappa shape index (κ3) is 2.69. The molecule has 1 aromatic rings. The predicted octanol–water partition coefficient (Wildman–Crippen LogP) is 3.01. The summed E-state index contributed by atoms with van der Waals surface area (Å²) in [6, 6.07) is 7.73. The van der Waals surface area contributed by atoms with Gasteiger partial charge >= 0.3 is 0 Å². The van der Waals surface area contributed by atoms with Crippen LogP contribution in [-0.4, -0.2) is 13.6 Å². The van der Waals surface area contributed by atoms with Crippen LogP contribution in [0.1, 0.15) is 12.5 Å². The van der Waals surface area contributed by atoms with Crippen molar-refractivity contribution in [2.24, 2.45) is 0 Å². The maximum Gasteiger partial charge on any atom is 0.132 e. The number of quaternary nitrogens is 1. The van der Waals surface area contributed by atoms with Crippen LogP contribution in [0.5, 0.6) is 0 Å². The molecule has 1 rings (SSSR count). The van der Waals surface area contributed by atoms with Crippen LogP contribution in [0.2, 0.25) is 0 Å². The van der Waals surface area contributed by atoms with Gasteiger partial charge in [-0.1, -0.05) is 23.8 Å². The van der Waals surface area contributed by atoms with E-state index in [2.05, 4.69) is 0 Å². The van der Waals surface area contributed by atoms with Gasteiger partial charge in [-0.2, -0.15) is 0 Å². The van der Waals surface area contributed by atoms with Gasteiger partial charge in [0.05, 0.1) is 7.05 Å². The number of aryl methyl sites for hydroxylation is 1. The Hall–Kier alpha value is -1.12. The summed E-state index contributed by atoms with van der Waals surface area (Å²) in [5.74, 6) is 0. The van der Waals surface area contributed by atoms with Crippen molar-refractivity contribution < 1.29 is 0 Å². The first kappa shape index (κ1) is 11.0. The number of benzene rings is 1. The SMILES string of the molecule is C/C=C/C[N+](C)([O-])c1ccc(C)cc1. The van der Waals surface area contributed by atoms with Gasteiger partial charge in [0.25, 0.3) is 0 Å². The lowest BCUT2D eigenvalue weighted by molar-refractivity contribution is 0.493. The molecule has 1 atom stereocenters. The van der Waals surface area contributed by atoms with E-state index in [1.165, 1.54) is 5.56 Å². The zero-order valence-electron chi connectivity index (χ0n) is 9.03. The lowest BCUT2D eigenvalue weighted by atomic mass is 10.2. The molecule has 0 aliphatic rings. The Morgan fingerprint density at radius 2 is 1.86 bits per heavy atom. The van der Waals surface area contributed by atoms with E-state index in [0.717, 1.165) is 5.69 Å². The standard InChI is InChI=1S/C12H17NO/c1-4-5-10-13(3,14)12-8-6-11(2)7-9-12/h4-9H,10H2,1-3H3/b5-4+. The van der Waals surface area contributed by atoms with Crippen LogP contribution < -0.4 is 4.65 Å². The van der Waals surface area contributed by atoms with E-state index in [9.17, 15) is 5.21 Å². The second kappa shape index (κ2) is 4.40. The fourth-order valence-corrected chi connectivity index (χ4v) is 1.27. The summed E-state index contributed by atoms with van der Waals surface area (Å²) >= 11 is 0. The number of nitrogens with zero attached hydrogens (tertiary/aromatic N) is 1. The van der Waals surface area contributed by atoms with E-state index in [1.807, 2.05) is 50.3 Å². The minimum absolute atomic E-state index is 0.343. The molecule has 2 nitrogen and oxygen atoms in total. The Morgan fingerprint density at radius 1 is 1.29 bits per heavy atom. The molecule has 0 amide bonds. The van der Waals surface area contributed by atoms with E-state index in [0.29, 0.717) is 6.54 Å². The molecule has 0 aliphatic heterocycles. The van der Waals surface area contributed by atoms with Crippen molar-refractivity contribution >= 4 is 5.69 Å².